The molecule has 1 aliphatic heterocycles. The predicted octanol–water partition coefficient (Wildman–Crippen LogP) is 4.07. The van der Waals surface area contributed by atoms with Crippen molar-refractivity contribution < 1.29 is 23.8 Å². The maximum Gasteiger partial charge on any atom is 0.410 e. The van der Waals surface area contributed by atoms with Gasteiger partial charge in [0.1, 0.15) is 5.60 Å². The lowest BCUT2D eigenvalue weighted by atomic mass is 9.97. The van der Waals surface area contributed by atoms with E-state index in [0.29, 0.717) is 43.5 Å². The molecule has 7 nitrogen and oxygen atoms in total. The van der Waals surface area contributed by atoms with Crippen molar-refractivity contribution in [1.29, 1.82) is 0 Å². The minimum Gasteiger partial charge on any atom is -0.490 e. The molecule has 1 fully saturated rings. The van der Waals surface area contributed by atoms with Crippen molar-refractivity contribution in [3.8, 4) is 11.5 Å². The summed E-state index contributed by atoms with van der Waals surface area (Å²) in [4.78, 5) is 26.6. The molecule has 0 aromatic heterocycles. The Balaban J connectivity index is 2.01. The van der Waals surface area contributed by atoms with Gasteiger partial charge in [-0.3, -0.25) is 4.79 Å². The summed E-state index contributed by atoms with van der Waals surface area (Å²) in [5.74, 6) is 0.862. The molecule has 2 amide bonds. The van der Waals surface area contributed by atoms with Crippen molar-refractivity contribution in [2.75, 3.05) is 31.6 Å². The summed E-state index contributed by atoms with van der Waals surface area (Å²) in [5, 5.41) is 2.93. The quantitative estimate of drug-likeness (QED) is 0.790. The number of nitrogens with one attached hydrogen (secondary N) is 1. The van der Waals surface area contributed by atoms with Crippen LogP contribution in [0, 0.1) is 5.92 Å². The minimum atomic E-state index is -0.551. The molecule has 0 aliphatic carbocycles. The van der Waals surface area contributed by atoms with Gasteiger partial charge in [-0.1, -0.05) is 0 Å². The van der Waals surface area contributed by atoms with Crippen LogP contribution in [-0.4, -0.2) is 48.8 Å². The third-order valence-corrected chi connectivity index (χ3v) is 4.25. The zero-order chi connectivity index (χ0) is 20.7. The van der Waals surface area contributed by atoms with Crippen molar-refractivity contribution in [2.45, 2.75) is 53.1 Å². The molecule has 28 heavy (non-hydrogen) atoms. The highest BCUT2D eigenvalue weighted by Gasteiger charge is 2.31. The van der Waals surface area contributed by atoms with E-state index in [1.54, 1.807) is 23.1 Å². The monoisotopic (exact) mass is 392 g/mol. The van der Waals surface area contributed by atoms with Gasteiger partial charge in [-0.05, 0) is 59.6 Å². The average molecular weight is 392 g/mol. The van der Waals surface area contributed by atoms with Crippen LogP contribution in [0.1, 0.15) is 47.5 Å². The summed E-state index contributed by atoms with van der Waals surface area (Å²) < 4.78 is 16.6. The van der Waals surface area contributed by atoms with E-state index in [1.807, 2.05) is 34.6 Å². The summed E-state index contributed by atoms with van der Waals surface area (Å²) in [6.07, 6.45) is 1.13. The number of rotatable bonds is 6. The molecule has 0 radical (unpaired) electrons. The van der Waals surface area contributed by atoms with Gasteiger partial charge in [-0.2, -0.15) is 0 Å². The first-order valence-corrected chi connectivity index (χ1v) is 9.92. The van der Waals surface area contributed by atoms with E-state index in [9.17, 15) is 9.59 Å². The van der Waals surface area contributed by atoms with Gasteiger partial charge in [-0.25, -0.2) is 4.79 Å². The van der Waals surface area contributed by atoms with Gasteiger partial charge in [-0.15, -0.1) is 0 Å². The summed E-state index contributed by atoms with van der Waals surface area (Å²) in [7, 11) is 0. The number of nitrogens with zero attached hydrogens (tertiary/aromatic N) is 1. The van der Waals surface area contributed by atoms with Gasteiger partial charge in [0.25, 0.3) is 0 Å². The maximum atomic E-state index is 12.7. The molecular formula is C21H32N2O5. The Bertz CT molecular complexity index is 684. The summed E-state index contributed by atoms with van der Waals surface area (Å²) in [6.45, 7) is 11.3. The van der Waals surface area contributed by atoms with Gasteiger partial charge < -0.3 is 24.4 Å². The number of carbonyl (C=O) groups is 2. The molecule has 1 aromatic rings. The van der Waals surface area contributed by atoms with Crippen LogP contribution < -0.4 is 14.8 Å². The number of likely N-dealkylation sites (tertiary alicyclic amines) is 1. The summed E-state index contributed by atoms with van der Waals surface area (Å²) in [6, 6.07) is 5.35. The van der Waals surface area contributed by atoms with Gasteiger partial charge >= 0.3 is 6.09 Å². The van der Waals surface area contributed by atoms with Crippen LogP contribution in [0.25, 0.3) is 0 Å². The first kappa shape index (κ1) is 21.9. The van der Waals surface area contributed by atoms with E-state index in [-0.39, 0.29) is 17.9 Å². The number of anilines is 1. The highest BCUT2D eigenvalue weighted by atomic mass is 16.6. The van der Waals surface area contributed by atoms with Crippen LogP contribution in [0.15, 0.2) is 18.2 Å². The minimum absolute atomic E-state index is 0.111. The largest absolute Gasteiger partial charge is 0.490 e. The molecule has 1 saturated heterocycles. The normalized spacial score (nSPS) is 17.0. The fourth-order valence-electron chi connectivity index (χ4n) is 3.06. The molecule has 1 atom stereocenters. The highest BCUT2D eigenvalue weighted by Crippen LogP contribution is 2.31. The Morgan fingerprint density at radius 3 is 2.46 bits per heavy atom. The second kappa shape index (κ2) is 9.66. The van der Waals surface area contributed by atoms with E-state index in [0.717, 1.165) is 12.8 Å². The molecule has 2 rings (SSSR count). The van der Waals surface area contributed by atoms with Gasteiger partial charge in [0.15, 0.2) is 11.5 Å². The van der Waals surface area contributed by atoms with E-state index >= 15 is 0 Å². The van der Waals surface area contributed by atoms with Crippen molar-refractivity contribution in [3.63, 3.8) is 0 Å². The lowest BCUT2D eigenvalue weighted by Gasteiger charge is -2.33. The van der Waals surface area contributed by atoms with E-state index < -0.39 is 5.60 Å². The van der Waals surface area contributed by atoms with Crippen LogP contribution in [-0.2, 0) is 9.53 Å². The van der Waals surface area contributed by atoms with Crippen molar-refractivity contribution >= 4 is 17.7 Å². The van der Waals surface area contributed by atoms with Crippen molar-refractivity contribution in [1.82, 2.24) is 4.90 Å². The van der Waals surface area contributed by atoms with Crippen LogP contribution in [0.5, 0.6) is 11.5 Å². The second-order valence-electron chi connectivity index (χ2n) is 7.78. The van der Waals surface area contributed by atoms with Crippen LogP contribution >= 0.6 is 0 Å². The fourth-order valence-corrected chi connectivity index (χ4v) is 3.06. The molecule has 1 N–H and O–H groups in total. The zero-order valence-electron chi connectivity index (χ0n) is 17.5. The SMILES string of the molecule is CCOc1ccc(NC(=O)C2CCCN(C(=O)OC(C)(C)C)C2)cc1OCC. The lowest BCUT2D eigenvalue weighted by molar-refractivity contribution is -0.121. The second-order valence-corrected chi connectivity index (χ2v) is 7.78. The Labute approximate surface area is 167 Å². The number of benzene rings is 1. The number of amides is 2. The Morgan fingerprint density at radius 2 is 1.82 bits per heavy atom. The van der Waals surface area contributed by atoms with Crippen molar-refractivity contribution in [3.05, 3.63) is 18.2 Å². The van der Waals surface area contributed by atoms with E-state index in [4.69, 9.17) is 14.2 Å². The molecule has 1 aromatic carbocycles. The van der Waals surface area contributed by atoms with Gasteiger partial charge in [0.2, 0.25) is 5.91 Å². The maximum absolute atomic E-state index is 12.7. The van der Waals surface area contributed by atoms with E-state index in [1.165, 1.54) is 0 Å². The number of carbonyl (C=O) groups excluding carboxylic acids is 2. The molecule has 7 heteroatoms. The van der Waals surface area contributed by atoms with Crippen LogP contribution in [0.4, 0.5) is 10.5 Å². The molecular weight excluding hydrogens is 360 g/mol. The fraction of sp³-hybridized carbons (Fsp3) is 0.619. The summed E-state index contributed by atoms with van der Waals surface area (Å²) >= 11 is 0. The lowest BCUT2D eigenvalue weighted by Crippen LogP contribution is -2.45. The van der Waals surface area contributed by atoms with Gasteiger partial charge in [0.05, 0.1) is 19.1 Å². The molecule has 0 bridgehead atoms. The summed E-state index contributed by atoms with van der Waals surface area (Å²) in [5.41, 5.74) is 0.0934. The first-order valence-electron chi connectivity index (χ1n) is 9.92. The zero-order valence-corrected chi connectivity index (χ0v) is 17.5. The third kappa shape index (κ3) is 6.32. The third-order valence-electron chi connectivity index (χ3n) is 4.25. The molecule has 156 valence electrons. The number of hydrogen-bond acceptors (Lipinski definition) is 5. The Morgan fingerprint density at radius 1 is 1.14 bits per heavy atom. The topological polar surface area (TPSA) is 77.1 Å². The Hall–Kier alpha value is -2.44. The molecule has 1 unspecified atom stereocenters. The highest BCUT2D eigenvalue weighted by molar-refractivity contribution is 5.93. The number of piperidine rings is 1. The molecule has 0 spiro atoms. The van der Waals surface area contributed by atoms with Crippen LogP contribution in [0.2, 0.25) is 0 Å². The Kier molecular flexibility index (Phi) is 7.54. The molecule has 1 heterocycles. The number of hydrogen-bond donors (Lipinski definition) is 1. The average Bonchev–Trinajstić information content (AvgIpc) is 2.63. The van der Waals surface area contributed by atoms with Crippen LogP contribution in [0.3, 0.4) is 0 Å². The smallest absolute Gasteiger partial charge is 0.410 e. The van der Waals surface area contributed by atoms with E-state index in [2.05, 4.69) is 5.32 Å². The molecule has 0 saturated carbocycles. The van der Waals surface area contributed by atoms with Crippen molar-refractivity contribution in [2.24, 2.45) is 5.92 Å². The first-order chi connectivity index (χ1) is 13.2. The number of ether oxygens (including phenoxy) is 3. The predicted molar refractivity (Wildman–Crippen MR) is 108 cm³/mol. The standard InChI is InChI=1S/C21H32N2O5/c1-6-26-17-11-10-16(13-18(17)27-7-2)22-19(24)15-9-8-12-23(14-15)20(25)28-21(3,4)5/h10-11,13,15H,6-9,12,14H2,1-5H3,(H,22,24). The molecule has 1 aliphatic rings. The van der Waals surface area contributed by atoms with Gasteiger partial charge in [0, 0.05) is 24.8 Å².